The largest absolute Gasteiger partial charge is 0.461 e. The van der Waals surface area contributed by atoms with Gasteiger partial charge in [-0.15, -0.1) is 0 Å². The number of carbonyl (C=O) groups is 8. The number of hydrogen-bond acceptors (Lipinski definition) is 18. The fraction of sp³-hybridized carbons (Fsp3) is 0.208. The van der Waals surface area contributed by atoms with Gasteiger partial charge in [0.1, 0.15) is 91.9 Å². The van der Waals surface area contributed by atoms with Gasteiger partial charge in [-0.05, 0) is 237 Å². The number of anilines is 2. The van der Waals surface area contributed by atoms with Gasteiger partial charge in [-0.2, -0.15) is 0 Å². The average Bonchev–Trinajstić information content (AvgIpc) is 1.60. The summed E-state index contributed by atoms with van der Waals surface area (Å²) < 4.78 is 47.0. The molecule has 0 saturated heterocycles. The van der Waals surface area contributed by atoms with Gasteiger partial charge in [0, 0.05) is 38.8 Å². The maximum absolute atomic E-state index is 12.4. The Kier molecular flexibility index (Phi) is 31.3. The molecule has 127 heavy (non-hydrogen) atoms. The fourth-order valence-corrected chi connectivity index (χ4v) is 23.0. The molecule has 0 amide bonds. The van der Waals surface area contributed by atoms with Crippen LogP contribution in [0.2, 0.25) is 0 Å². The normalized spacial score (nSPS) is 12.6. The van der Waals surface area contributed by atoms with Crippen molar-refractivity contribution in [3.63, 3.8) is 0 Å². The van der Waals surface area contributed by atoms with Gasteiger partial charge in [-0.25, -0.2) is 19.2 Å². The van der Waals surface area contributed by atoms with Crippen LogP contribution in [0.1, 0.15) is 108 Å². The van der Waals surface area contributed by atoms with Gasteiger partial charge in [0.05, 0.1) is 44.5 Å². The third-order valence-electron chi connectivity index (χ3n) is 19.6. The third kappa shape index (κ3) is 23.8. The van der Waals surface area contributed by atoms with Gasteiger partial charge in [0.25, 0.3) is 0 Å². The van der Waals surface area contributed by atoms with E-state index in [4.69, 9.17) is 42.6 Å². The van der Waals surface area contributed by atoms with E-state index >= 15 is 0 Å². The quantitative estimate of drug-likeness (QED) is 0.0195. The van der Waals surface area contributed by atoms with Gasteiger partial charge < -0.3 is 47.9 Å². The molecule has 0 radical (unpaired) electrons. The van der Waals surface area contributed by atoms with Crippen molar-refractivity contribution in [2.45, 2.75) is 123 Å². The van der Waals surface area contributed by atoms with E-state index in [-0.39, 0.29) is 96.0 Å². The first kappa shape index (κ1) is 93.8. The molecule has 18 nitrogen and oxygen atoms in total. The summed E-state index contributed by atoms with van der Waals surface area (Å²) in [5, 5.41) is 6.05. The number of halogens is 4. The Morgan fingerprint density at radius 1 is 0.283 bits per heavy atom. The molecule has 1 N–H and O–H groups in total. The molecule has 12 aromatic carbocycles. The van der Waals surface area contributed by atoms with Crippen LogP contribution < -0.4 is 10.1 Å². The minimum Gasteiger partial charge on any atom is -0.461 e. The van der Waals surface area contributed by atoms with Gasteiger partial charge in [-0.1, -0.05) is 173 Å². The Bertz CT molecular complexity index is 5540. The van der Waals surface area contributed by atoms with Crippen molar-refractivity contribution in [2.75, 3.05) is 58.2 Å². The van der Waals surface area contributed by atoms with Crippen LogP contribution in [0.25, 0.3) is 25.1 Å². The van der Waals surface area contributed by atoms with Crippen molar-refractivity contribution in [2.24, 2.45) is 0 Å². The summed E-state index contributed by atoms with van der Waals surface area (Å²) >= 11 is 12.9. The van der Waals surface area contributed by atoms with Gasteiger partial charge in [-0.3, -0.25) is 19.2 Å². The second kappa shape index (κ2) is 42.4. The molecule has 0 saturated carbocycles. The molecule has 4 heterocycles. The Labute approximate surface area is 782 Å². The number of alkyl halides is 4. The topological polar surface area (TPSA) is 232 Å². The Morgan fingerprint density at radius 3 is 0.850 bits per heavy atom. The highest BCUT2D eigenvalue weighted by Crippen LogP contribution is 2.50. The molecular formula is C101H91Br4NO17S4+4. The lowest BCUT2D eigenvalue weighted by Gasteiger charge is -2.20. The first-order valence-corrected chi connectivity index (χ1v) is 48.6. The summed E-state index contributed by atoms with van der Waals surface area (Å²) in [5.74, 6) is -1.68. The van der Waals surface area contributed by atoms with Gasteiger partial charge >= 0.3 is 47.8 Å². The molecule has 0 unspecified atom stereocenters. The molecule has 16 rings (SSSR count). The lowest BCUT2D eigenvalue weighted by atomic mass is 10.0. The summed E-state index contributed by atoms with van der Waals surface area (Å²) in [4.78, 5) is 108. The smallest absolute Gasteiger partial charge is 0.338 e. The average molecular weight is 2040 g/mol. The van der Waals surface area contributed by atoms with Crippen molar-refractivity contribution in [3.05, 3.63) is 325 Å². The summed E-state index contributed by atoms with van der Waals surface area (Å²) in [7, 11) is -1.03. The molecule has 26 heteroatoms. The molecule has 3 aliphatic rings. The van der Waals surface area contributed by atoms with E-state index < -0.39 is 65.1 Å². The minimum absolute atomic E-state index is 0.00211. The van der Waals surface area contributed by atoms with Crippen molar-refractivity contribution in [3.8, 4) is 16.4 Å². The zero-order valence-electron chi connectivity index (χ0n) is 70.7. The summed E-state index contributed by atoms with van der Waals surface area (Å²) in [6.07, 6.45) is 0.942. The van der Waals surface area contributed by atoms with Crippen molar-refractivity contribution in [1.29, 1.82) is 0 Å². The molecule has 0 spiro atoms. The van der Waals surface area contributed by atoms with E-state index in [1.54, 1.807) is 104 Å². The number of fused-ring (bicyclic) bond motifs is 9. The fourth-order valence-electron chi connectivity index (χ4n) is 13.3. The van der Waals surface area contributed by atoms with E-state index in [2.05, 4.69) is 202 Å². The Balaban J connectivity index is 0.000000145. The monoisotopic (exact) mass is 2030 g/mol. The number of ether oxygens (including phenoxy) is 9. The maximum Gasteiger partial charge on any atom is 0.338 e. The van der Waals surface area contributed by atoms with Crippen molar-refractivity contribution >= 4 is 186 Å². The minimum atomic E-state index is -0.769. The number of para-hydroxylation sites is 4. The lowest BCUT2D eigenvalue weighted by molar-refractivity contribution is -0.147. The van der Waals surface area contributed by atoms with E-state index in [9.17, 15) is 38.4 Å². The third-order valence-corrected chi connectivity index (χ3v) is 30.2. The molecule has 3 aliphatic heterocycles. The Morgan fingerprint density at radius 2 is 0.528 bits per heavy atom. The summed E-state index contributed by atoms with van der Waals surface area (Å²) in [5.41, 5.74) is 6.74. The van der Waals surface area contributed by atoms with E-state index in [0.29, 0.717) is 22.3 Å². The highest BCUT2D eigenvalue weighted by atomic mass is 79.9. The van der Waals surface area contributed by atoms with Crippen LogP contribution in [-0.2, 0) is 96.2 Å². The number of rotatable bonds is 24. The first-order valence-electron chi connectivity index (χ1n) is 40.6. The van der Waals surface area contributed by atoms with Crippen molar-refractivity contribution in [1.82, 2.24) is 0 Å². The number of nitrogens with one attached hydrogen (secondary N) is 1. The number of carbonyl (C=O) groups excluding carboxylic acids is 8. The van der Waals surface area contributed by atoms with E-state index in [0.717, 1.165) is 58.7 Å². The zero-order valence-corrected chi connectivity index (χ0v) is 80.3. The summed E-state index contributed by atoms with van der Waals surface area (Å²) in [6, 6.07) is 96.8. The predicted molar refractivity (Wildman–Crippen MR) is 513 cm³/mol. The maximum atomic E-state index is 12.4. The van der Waals surface area contributed by atoms with Gasteiger partial charge in [0.2, 0.25) is 9.79 Å². The molecule has 0 atom stereocenters. The zero-order chi connectivity index (χ0) is 90.2. The second-order valence-electron chi connectivity index (χ2n) is 30.8. The van der Waals surface area contributed by atoms with Gasteiger partial charge in [0.15, 0.2) is 60.1 Å². The van der Waals surface area contributed by atoms with Crippen LogP contribution in [0.15, 0.2) is 335 Å². The molecule has 1 aromatic heterocycles. The molecule has 13 aromatic rings. The number of esters is 8. The Hall–Kier alpha value is -10.8. The second-order valence-corrected chi connectivity index (χ2v) is 46.6. The van der Waals surface area contributed by atoms with E-state index in [1.807, 2.05) is 109 Å². The first-order chi connectivity index (χ1) is 60.9. The summed E-state index contributed by atoms with van der Waals surface area (Å²) in [6.45, 7) is 13.7. The molecule has 0 aliphatic carbocycles. The highest BCUT2D eigenvalue weighted by Gasteiger charge is 2.42. The number of hydrogen-bond donors (Lipinski definition) is 1. The standard InChI is InChI=1S/C26H24BrO4S.C25H23BrNO4S.C25H22BrO5S.C25H22BrO4S/c1-26(2,27)25(29)31-16-15-30-24(28)18-11-13-21(14-12-18)32-22-9-5-3-7-19(22)17-20-8-4-6-10-23(20)32;1-25(2,26)24(29)31-16-15-30-23(28)17-11-13-18(14-12-17)32-21-9-5-3-7-19(21)27-20-8-4-6-10-22(20)32;1-25(2,26)24(28)30-16-15-29-23(27)17-11-13-18(14-12-17)32-21-9-5-3-7-19(21)31-20-8-4-6-10-22(20)32;1-25(2,26)24(28)30-16-15-29-23(27)17-11-13-18(14-12-17)31-21-9-5-3-7-19(21)20-8-4-6-10-22(20)31/h3-14H,15-17H2,1-2H3;3-14,27H,15-16H2,1-2H3;3-14H,15-16H2,1-2H3;3-14H,15-16H2,1-2H3/q4*+1. The van der Waals surface area contributed by atoms with Crippen LogP contribution in [0.5, 0.6) is 11.5 Å². The molecule has 0 bridgehead atoms. The van der Waals surface area contributed by atoms with Crippen LogP contribution in [0.4, 0.5) is 11.4 Å². The SMILES string of the molecule is CC(C)(Br)C(=O)OCCOC(=O)c1ccc(-[s+]2c3ccccc3c3ccccc32)cc1.CC(C)(Br)C(=O)OCCOC(=O)c1ccc([S+]2c3ccccc3Cc3ccccc32)cc1.CC(C)(Br)C(=O)OCCOC(=O)c1ccc([S+]2c3ccccc3Nc3ccccc32)cc1.CC(C)(Br)C(=O)OCCOC(=O)c1ccc([S+]2c3ccccc3Oc3ccccc32)cc1. The van der Waals surface area contributed by atoms with Crippen LogP contribution in [0.3, 0.4) is 0 Å². The molecule has 0 fully saturated rings. The lowest BCUT2D eigenvalue weighted by Crippen LogP contribution is -2.28. The molecule has 650 valence electrons. The van der Waals surface area contributed by atoms with E-state index in [1.165, 1.54) is 50.9 Å². The highest BCUT2D eigenvalue weighted by molar-refractivity contribution is 9.10. The molecular weight excluding hydrogens is 1950 g/mol. The van der Waals surface area contributed by atoms with Crippen LogP contribution in [0, 0.1) is 0 Å². The number of thiophene rings is 1. The van der Waals surface area contributed by atoms with Crippen LogP contribution in [-0.4, -0.2) is 118 Å². The predicted octanol–water partition coefficient (Wildman–Crippen LogP) is 23.6. The number of benzene rings is 12. The van der Waals surface area contributed by atoms with Crippen LogP contribution >= 0.6 is 74.2 Å². The van der Waals surface area contributed by atoms with Crippen molar-refractivity contribution < 1.29 is 81.0 Å².